The number of likely N-dealkylation sites (N-methyl/N-ethyl adjacent to an activating group) is 1. The van der Waals surface area contributed by atoms with E-state index in [2.05, 4.69) is 24.1 Å². The summed E-state index contributed by atoms with van der Waals surface area (Å²) in [5.41, 5.74) is 9.12. The SMILES string of the molecule is CN(CCc1ccc(Cl)cc1)c1ccccc1N. The largest absolute Gasteiger partial charge is 0.397 e. The summed E-state index contributed by atoms with van der Waals surface area (Å²) in [7, 11) is 2.06. The van der Waals surface area contributed by atoms with Crippen LogP contribution in [0.4, 0.5) is 11.4 Å². The number of nitrogen functional groups attached to an aromatic ring is 1. The molecule has 18 heavy (non-hydrogen) atoms. The normalized spacial score (nSPS) is 10.3. The maximum atomic E-state index is 5.95. The van der Waals surface area contributed by atoms with E-state index in [0.717, 1.165) is 29.4 Å². The zero-order valence-electron chi connectivity index (χ0n) is 10.4. The summed E-state index contributed by atoms with van der Waals surface area (Å²) in [6.45, 7) is 0.926. The van der Waals surface area contributed by atoms with Crippen molar-refractivity contribution in [3.05, 3.63) is 59.1 Å². The van der Waals surface area contributed by atoms with E-state index in [-0.39, 0.29) is 0 Å². The number of halogens is 1. The molecule has 0 saturated carbocycles. The third-order valence-corrected chi connectivity index (χ3v) is 3.25. The number of benzene rings is 2. The Balaban J connectivity index is 1.98. The molecule has 2 N–H and O–H groups in total. The Labute approximate surface area is 113 Å². The highest BCUT2D eigenvalue weighted by Gasteiger charge is 2.04. The number of nitrogens with two attached hydrogens (primary N) is 1. The summed E-state index contributed by atoms with van der Waals surface area (Å²) in [6.07, 6.45) is 0.974. The Morgan fingerprint density at radius 3 is 2.39 bits per heavy atom. The van der Waals surface area contributed by atoms with Gasteiger partial charge in [-0.3, -0.25) is 0 Å². The standard InChI is InChI=1S/C15H17ClN2/c1-18(15-5-3-2-4-14(15)17)11-10-12-6-8-13(16)9-7-12/h2-9H,10-11,17H2,1H3. The molecule has 0 saturated heterocycles. The fourth-order valence-electron chi connectivity index (χ4n) is 1.90. The van der Waals surface area contributed by atoms with Crippen LogP contribution in [0.25, 0.3) is 0 Å². The van der Waals surface area contributed by atoms with Gasteiger partial charge in [-0.1, -0.05) is 35.9 Å². The van der Waals surface area contributed by atoms with Crippen LogP contribution < -0.4 is 10.6 Å². The second-order valence-electron chi connectivity index (χ2n) is 4.36. The van der Waals surface area contributed by atoms with Crippen LogP contribution in [0.1, 0.15) is 5.56 Å². The third kappa shape index (κ3) is 3.17. The van der Waals surface area contributed by atoms with E-state index in [1.54, 1.807) is 0 Å². The summed E-state index contributed by atoms with van der Waals surface area (Å²) in [5, 5.41) is 0.777. The van der Waals surface area contributed by atoms with Gasteiger partial charge in [-0.05, 0) is 36.2 Å². The molecule has 0 spiro atoms. The third-order valence-electron chi connectivity index (χ3n) is 3.00. The van der Waals surface area contributed by atoms with Crippen molar-refractivity contribution in [2.75, 3.05) is 24.2 Å². The topological polar surface area (TPSA) is 29.3 Å². The molecule has 0 atom stereocenters. The van der Waals surface area contributed by atoms with Gasteiger partial charge >= 0.3 is 0 Å². The van der Waals surface area contributed by atoms with Gasteiger partial charge < -0.3 is 10.6 Å². The molecule has 0 fully saturated rings. The molecule has 2 rings (SSSR count). The van der Waals surface area contributed by atoms with Crippen LogP contribution in [0.2, 0.25) is 5.02 Å². The second-order valence-corrected chi connectivity index (χ2v) is 4.79. The molecule has 0 aromatic heterocycles. The lowest BCUT2D eigenvalue weighted by Crippen LogP contribution is -2.21. The van der Waals surface area contributed by atoms with Crippen LogP contribution >= 0.6 is 11.6 Å². The molecule has 0 aliphatic rings. The van der Waals surface area contributed by atoms with Crippen molar-refractivity contribution in [2.45, 2.75) is 6.42 Å². The first-order valence-corrected chi connectivity index (χ1v) is 6.34. The number of nitrogens with zero attached hydrogens (tertiary/aromatic N) is 1. The summed E-state index contributed by atoms with van der Waals surface area (Å²) < 4.78 is 0. The molecule has 0 radical (unpaired) electrons. The molecule has 2 aromatic carbocycles. The van der Waals surface area contributed by atoms with Crippen molar-refractivity contribution in [2.24, 2.45) is 0 Å². The van der Waals surface area contributed by atoms with Crippen molar-refractivity contribution >= 4 is 23.0 Å². The van der Waals surface area contributed by atoms with Crippen LogP contribution in [-0.2, 0) is 6.42 Å². The zero-order valence-corrected chi connectivity index (χ0v) is 11.2. The van der Waals surface area contributed by atoms with Gasteiger partial charge in [0.05, 0.1) is 11.4 Å². The monoisotopic (exact) mass is 260 g/mol. The Kier molecular flexibility index (Phi) is 4.11. The number of anilines is 2. The molecule has 3 heteroatoms. The lowest BCUT2D eigenvalue weighted by atomic mass is 10.1. The molecule has 0 bridgehead atoms. The minimum Gasteiger partial charge on any atom is -0.397 e. The lowest BCUT2D eigenvalue weighted by Gasteiger charge is -2.21. The smallest absolute Gasteiger partial charge is 0.0597 e. The Hall–Kier alpha value is -1.67. The van der Waals surface area contributed by atoms with Crippen molar-refractivity contribution in [1.82, 2.24) is 0 Å². The van der Waals surface area contributed by atoms with Gasteiger partial charge in [0.2, 0.25) is 0 Å². The predicted molar refractivity (Wildman–Crippen MR) is 79.3 cm³/mol. The minimum atomic E-state index is 0.777. The highest BCUT2D eigenvalue weighted by Crippen LogP contribution is 2.21. The van der Waals surface area contributed by atoms with Gasteiger partial charge in [0.1, 0.15) is 0 Å². The summed E-state index contributed by atoms with van der Waals surface area (Å²) in [5.74, 6) is 0. The van der Waals surface area contributed by atoms with Crippen LogP contribution in [0.15, 0.2) is 48.5 Å². The molecule has 0 aliphatic heterocycles. The van der Waals surface area contributed by atoms with Crippen LogP contribution in [0.5, 0.6) is 0 Å². The van der Waals surface area contributed by atoms with Crippen LogP contribution in [-0.4, -0.2) is 13.6 Å². The van der Waals surface area contributed by atoms with E-state index < -0.39 is 0 Å². The van der Waals surface area contributed by atoms with Crippen molar-refractivity contribution in [3.63, 3.8) is 0 Å². The first kappa shape index (κ1) is 12.8. The number of hydrogen-bond donors (Lipinski definition) is 1. The Morgan fingerprint density at radius 1 is 1.06 bits per heavy atom. The van der Waals surface area contributed by atoms with E-state index in [1.807, 2.05) is 36.4 Å². The maximum absolute atomic E-state index is 5.95. The highest BCUT2D eigenvalue weighted by molar-refractivity contribution is 6.30. The average Bonchev–Trinajstić information content (AvgIpc) is 2.38. The van der Waals surface area contributed by atoms with E-state index in [1.165, 1.54) is 5.56 Å². The number of rotatable bonds is 4. The fraction of sp³-hybridized carbons (Fsp3) is 0.200. The van der Waals surface area contributed by atoms with Crippen LogP contribution in [0.3, 0.4) is 0 Å². The molecule has 0 amide bonds. The van der Waals surface area contributed by atoms with E-state index in [0.29, 0.717) is 0 Å². The number of para-hydroxylation sites is 2. The molecule has 0 unspecified atom stereocenters. The number of hydrogen-bond acceptors (Lipinski definition) is 2. The molecule has 2 nitrogen and oxygen atoms in total. The van der Waals surface area contributed by atoms with Gasteiger partial charge in [-0.25, -0.2) is 0 Å². The van der Waals surface area contributed by atoms with Gasteiger partial charge in [0, 0.05) is 18.6 Å². The molecule has 0 heterocycles. The Morgan fingerprint density at radius 2 is 1.72 bits per heavy atom. The average molecular weight is 261 g/mol. The Bertz CT molecular complexity index is 508. The van der Waals surface area contributed by atoms with Gasteiger partial charge in [0.15, 0.2) is 0 Å². The highest BCUT2D eigenvalue weighted by atomic mass is 35.5. The van der Waals surface area contributed by atoms with Gasteiger partial charge in [-0.15, -0.1) is 0 Å². The van der Waals surface area contributed by atoms with Crippen molar-refractivity contribution in [1.29, 1.82) is 0 Å². The summed E-state index contributed by atoms with van der Waals surface area (Å²) in [4.78, 5) is 2.17. The summed E-state index contributed by atoms with van der Waals surface area (Å²) in [6, 6.07) is 15.9. The van der Waals surface area contributed by atoms with Crippen molar-refractivity contribution in [3.8, 4) is 0 Å². The van der Waals surface area contributed by atoms with Gasteiger partial charge in [0.25, 0.3) is 0 Å². The van der Waals surface area contributed by atoms with Crippen LogP contribution in [0, 0.1) is 0 Å². The first-order chi connectivity index (χ1) is 8.66. The van der Waals surface area contributed by atoms with E-state index >= 15 is 0 Å². The quantitative estimate of drug-likeness (QED) is 0.851. The maximum Gasteiger partial charge on any atom is 0.0597 e. The molecule has 0 aliphatic carbocycles. The molecular weight excluding hydrogens is 244 g/mol. The summed E-state index contributed by atoms with van der Waals surface area (Å²) >= 11 is 5.86. The molecular formula is C15H17ClN2. The first-order valence-electron chi connectivity index (χ1n) is 5.97. The fourth-order valence-corrected chi connectivity index (χ4v) is 2.03. The van der Waals surface area contributed by atoms with E-state index in [9.17, 15) is 0 Å². The van der Waals surface area contributed by atoms with Crippen molar-refractivity contribution < 1.29 is 0 Å². The predicted octanol–water partition coefficient (Wildman–Crippen LogP) is 3.60. The minimum absolute atomic E-state index is 0.777. The zero-order chi connectivity index (χ0) is 13.0. The van der Waals surface area contributed by atoms with E-state index in [4.69, 9.17) is 17.3 Å². The van der Waals surface area contributed by atoms with Gasteiger partial charge in [-0.2, -0.15) is 0 Å². The second kappa shape index (κ2) is 5.78. The molecule has 94 valence electrons. The lowest BCUT2D eigenvalue weighted by molar-refractivity contribution is 0.878. The molecule has 2 aromatic rings.